The number of hydrogen-bond acceptors (Lipinski definition) is 3. The lowest BCUT2D eigenvalue weighted by Gasteiger charge is -2.30. The van der Waals surface area contributed by atoms with E-state index in [0.717, 1.165) is 44.9 Å². The summed E-state index contributed by atoms with van der Waals surface area (Å²) in [6.45, 7) is 12.9. The summed E-state index contributed by atoms with van der Waals surface area (Å²) in [7, 11) is 0. The van der Waals surface area contributed by atoms with Gasteiger partial charge in [0.05, 0.1) is 11.5 Å². The lowest BCUT2D eigenvalue weighted by atomic mass is 9.74. The average molecular weight is 779 g/mol. The number of ether oxygens (including phenoxy) is 1. The maximum absolute atomic E-state index is 12.6. The molecule has 0 bridgehead atoms. The van der Waals surface area contributed by atoms with E-state index in [2.05, 4.69) is 27.7 Å². The van der Waals surface area contributed by atoms with E-state index in [1.807, 2.05) is 13.8 Å². The fraction of sp³-hybridized carbons (Fsp3) is 0.961. The van der Waals surface area contributed by atoms with E-state index >= 15 is 0 Å². The van der Waals surface area contributed by atoms with Crippen LogP contribution in [0.1, 0.15) is 305 Å². The van der Waals surface area contributed by atoms with E-state index in [0.29, 0.717) is 6.42 Å². The molecule has 55 heavy (non-hydrogen) atoms. The number of carbonyl (C=O) groups is 2. The highest BCUT2D eigenvalue weighted by Gasteiger charge is 2.36. The molecule has 4 nitrogen and oxygen atoms in total. The van der Waals surface area contributed by atoms with E-state index in [1.54, 1.807) is 0 Å². The lowest BCUT2D eigenvalue weighted by Crippen LogP contribution is -2.31. The molecule has 0 spiro atoms. The molecule has 0 saturated carbocycles. The van der Waals surface area contributed by atoms with Crippen molar-refractivity contribution in [2.45, 2.75) is 311 Å². The van der Waals surface area contributed by atoms with Gasteiger partial charge >= 0.3 is 11.9 Å². The maximum atomic E-state index is 12.6. The van der Waals surface area contributed by atoms with E-state index in [9.17, 15) is 14.7 Å². The van der Waals surface area contributed by atoms with Crippen LogP contribution >= 0.6 is 0 Å². The van der Waals surface area contributed by atoms with Crippen molar-refractivity contribution in [3.05, 3.63) is 0 Å². The zero-order valence-electron chi connectivity index (χ0n) is 38.7. The number of carbonyl (C=O) groups excluding carboxylic acids is 1. The Kier molecular flexibility index (Phi) is 46.5. The molecule has 0 radical (unpaired) electrons. The van der Waals surface area contributed by atoms with Gasteiger partial charge in [0.1, 0.15) is 0 Å². The third-order valence-electron chi connectivity index (χ3n) is 11.8. The van der Waals surface area contributed by atoms with Gasteiger partial charge in [0.25, 0.3) is 0 Å². The molecular weight excluding hydrogens is 677 g/mol. The summed E-state index contributed by atoms with van der Waals surface area (Å²) in [6, 6.07) is 0. The van der Waals surface area contributed by atoms with Crippen LogP contribution < -0.4 is 0 Å². The molecule has 0 heterocycles. The first-order chi connectivity index (χ1) is 26.8. The minimum absolute atomic E-state index is 0.0280. The van der Waals surface area contributed by atoms with Gasteiger partial charge in [-0.2, -0.15) is 0 Å². The van der Waals surface area contributed by atoms with Crippen LogP contribution in [0.5, 0.6) is 0 Å². The number of carboxylic acids is 1. The third kappa shape index (κ3) is 42.4. The van der Waals surface area contributed by atoms with E-state index in [-0.39, 0.29) is 12.1 Å². The Morgan fingerprint density at radius 1 is 0.382 bits per heavy atom. The largest absolute Gasteiger partial charge is 0.481 e. The highest BCUT2D eigenvalue weighted by molar-refractivity contribution is 5.74. The van der Waals surface area contributed by atoms with E-state index in [1.165, 1.54) is 212 Å². The number of esters is 1. The number of rotatable bonds is 43. The molecule has 1 N–H and O–H groups in total. The Hall–Kier alpha value is -1.06. The molecule has 0 aliphatic heterocycles. The highest BCUT2D eigenvalue weighted by Crippen LogP contribution is 2.38. The molecule has 0 saturated heterocycles. The molecule has 0 amide bonds. The van der Waals surface area contributed by atoms with Gasteiger partial charge in [-0.25, -0.2) is 0 Å². The van der Waals surface area contributed by atoms with Gasteiger partial charge in [-0.15, -0.1) is 0 Å². The number of carboxylic acid groups (broad SMARTS) is 1. The van der Waals surface area contributed by atoms with Crippen molar-refractivity contribution in [1.29, 1.82) is 0 Å². The summed E-state index contributed by atoms with van der Waals surface area (Å²) in [6.07, 6.45) is 51.7. The predicted molar refractivity (Wildman–Crippen MR) is 243 cm³/mol. The minimum atomic E-state index is -0.497. The Bertz CT molecular complexity index is 738. The van der Waals surface area contributed by atoms with Crippen molar-refractivity contribution in [1.82, 2.24) is 0 Å². The first-order valence-electron chi connectivity index (χ1n) is 25.2. The van der Waals surface area contributed by atoms with Gasteiger partial charge in [-0.05, 0) is 39.5 Å². The molecule has 0 aromatic carbocycles. The molecule has 0 aromatic rings. The van der Waals surface area contributed by atoms with Crippen LogP contribution in [-0.4, -0.2) is 23.1 Å². The molecule has 330 valence electrons. The molecule has 0 aliphatic rings. The molecular formula is C51H102O4. The molecule has 0 aromatic heterocycles. The molecule has 0 fully saturated rings. The van der Waals surface area contributed by atoms with Gasteiger partial charge in [0.15, 0.2) is 0 Å². The number of unbranched alkanes of at least 4 members (excludes halogenated alkanes) is 33. The van der Waals surface area contributed by atoms with E-state index < -0.39 is 11.4 Å². The van der Waals surface area contributed by atoms with Crippen molar-refractivity contribution in [3.63, 3.8) is 0 Å². The van der Waals surface area contributed by atoms with Crippen molar-refractivity contribution in [2.75, 3.05) is 0 Å². The van der Waals surface area contributed by atoms with Crippen LogP contribution in [0, 0.1) is 5.41 Å². The van der Waals surface area contributed by atoms with Gasteiger partial charge in [0.2, 0.25) is 0 Å². The molecule has 4 heteroatoms. The topological polar surface area (TPSA) is 63.6 Å². The second-order valence-corrected chi connectivity index (χ2v) is 17.8. The van der Waals surface area contributed by atoms with Crippen LogP contribution in [0.4, 0.5) is 0 Å². The molecule has 0 atom stereocenters. The Morgan fingerprint density at radius 3 is 0.818 bits per heavy atom. The predicted octanol–water partition coefficient (Wildman–Crippen LogP) is 18.1. The normalized spacial score (nSPS) is 11.5. The fourth-order valence-corrected chi connectivity index (χ4v) is 8.10. The van der Waals surface area contributed by atoms with Crippen molar-refractivity contribution < 1.29 is 19.4 Å². The van der Waals surface area contributed by atoms with Crippen LogP contribution in [0.25, 0.3) is 0 Å². The summed E-state index contributed by atoms with van der Waals surface area (Å²) >= 11 is 0. The fourth-order valence-electron chi connectivity index (χ4n) is 8.10. The SMILES string of the molecule is CCCCCCCCCCCCC(CCCCCCCC)(CCCCCCCCCCCC)C(=O)O.CCCCCCCCCCCCCC(=O)OC(C)C. The van der Waals surface area contributed by atoms with Crippen molar-refractivity contribution in [3.8, 4) is 0 Å². The van der Waals surface area contributed by atoms with E-state index in [4.69, 9.17) is 4.74 Å². The first kappa shape index (κ1) is 56.0. The van der Waals surface area contributed by atoms with Crippen LogP contribution in [0.3, 0.4) is 0 Å². The van der Waals surface area contributed by atoms with Crippen LogP contribution in [0.2, 0.25) is 0 Å². The van der Waals surface area contributed by atoms with Crippen LogP contribution in [-0.2, 0) is 14.3 Å². The maximum Gasteiger partial charge on any atom is 0.309 e. The Balaban J connectivity index is 0. The summed E-state index contributed by atoms with van der Waals surface area (Å²) in [5.41, 5.74) is -0.453. The second kappa shape index (κ2) is 45.6. The minimum Gasteiger partial charge on any atom is -0.481 e. The number of hydrogen-bond donors (Lipinski definition) is 1. The van der Waals surface area contributed by atoms with Gasteiger partial charge < -0.3 is 9.84 Å². The lowest BCUT2D eigenvalue weighted by molar-refractivity contribution is -0.151. The Morgan fingerprint density at radius 2 is 0.600 bits per heavy atom. The third-order valence-corrected chi connectivity index (χ3v) is 11.8. The quantitative estimate of drug-likeness (QED) is 0.0495. The monoisotopic (exact) mass is 779 g/mol. The standard InChI is InChI=1S/C34H68O2.C17H34O2/c1-4-7-10-13-16-18-20-22-25-28-31-34(33(35)36,30-27-24-15-12-9-6-3)32-29-26-23-21-19-17-14-11-8-5-2;1-4-5-6-7-8-9-10-11-12-13-14-15-17(18)19-16(2)3/h4-32H2,1-3H3,(H,35,36);16H,4-15H2,1-3H3. The summed E-state index contributed by atoms with van der Waals surface area (Å²) < 4.78 is 5.10. The van der Waals surface area contributed by atoms with Gasteiger partial charge in [0, 0.05) is 6.42 Å². The van der Waals surface area contributed by atoms with Crippen LogP contribution in [0.15, 0.2) is 0 Å². The first-order valence-corrected chi connectivity index (χ1v) is 25.2. The summed E-state index contributed by atoms with van der Waals surface area (Å²) in [4.78, 5) is 23.9. The second-order valence-electron chi connectivity index (χ2n) is 17.8. The molecule has 0 rings (SSSR count). The number of aliphatic carboxylic acids is 1. The summed E-state index contributed by atoms with van der Waals surface area (Å²) in [5, 5.41) is 10.4. The molecule has 0 unspecified atom stereocenters. The average Bonchev–Trinajstić information content (AvgIpc) is 3.16. The summed E-state index contributed by atoms with van der Waals surface area (Å²) in [5.74, 6) is -0.533. The van der Waals surface area contributed by atoms with Crippen molar-refractivity contribution in [2.24, 2.45) is 5.41 Å². The van der Waals surface area contributed by atoms with Crippen molar-refractivity contribution >= 4 is 11.9 Å². The highest BCUT2D eigenvalue weighted by atomic mass is 16.5. The Labute approximate surface area is 346 Å². The van der Waals surface area contributed by atoms with Gasteiger partial charge in [-0.3, -0.25) is 9.59 Å². The van der Waals surface area contributed by atoms with Gasteiger partial charge in [-0.1, -0.05) is 259 Å². The molecule has 0 aliphatic carbocycles. The zero-order chi connectivity index (χ0) is 40.9. The smallest absolute Gasteiger partial charge is 0.309 e. The zero-order valence-corrected chi connectivity index (χ0v) is 38.7.